The van der Waals surface area contributed by atoms with Crippen LogP contribution in [0.1, 0.15) is 37.5 Å². The quantitative estimate of drug-likeness (QED) is 0.919. The molecule has 0 bridgehead atoms. The van der Waals surface area contributed by atoms with E-state index in [0.29, 0.717) is 23.8 Å². The van der Waals surface area contributed by atoms with Gasteiger partial charge in [0, 0.05) is 13.2 Å². The van der Waals surface area contributed by atoms with Gasteiger partial charge >= 0.3 is 5.97 Å². The number of carboxylic acids is 1. The van der Waals surface area contributed by atoms with Crippen molar-refractivity contribution in [1.82, 2.24) is 19.9 Å². The Balaban J connectivity index is 1.87. The summed E-state index contributed by atoms with van der Waals surface area (Å²) >= 11 is 0. The predicted molar refractivity (Wildman–Crippen MR) is 68.8 cm³/mol. The number of nitrogens with zero attached hydrogens (tertiary/aromatic N) is 4. The van der Waals surface area contributed by atoms with Gasteiger partial charge in [-0.3, -0.25) is 9.48 Å². The molecule has 1 N–H and O–H groups in total. The number of aliphatic carboxylic acids is 1. The molecule has 3 rings (SSSR count). The molecule has 0 aromatic carbocycles. The molecule has 7 heteroatoms. The zero-order valence-electron chi connectivity index (χ0n) is 11.2. The largest absolute Gasteiger partial charge is 0.481 e. The van der Waals surface area contributed by atoms with Crippen LogP contribution in [0.5, 0.6) is 0 Å². The molecule has 7 nitrogen and oxygen atoms in total. The molecule has 1 aliphatic carbocycles. The number of hydrogen-bond acceptors (Lipinski definition) is 5. The van der Waals surface area contributed by atoms with Gasteiger partial charge in [0.05, 0.1) is 11.8 Å². The Morgan fingerprint density at radius 1 is 1.45 bits per heavy atom. The van der Waals surface area contributed by atoms with E-state index < -0.39 is 11.9 Å². The first-order valence-electron chi connectivity index (χ1n) is 6.71. The molecule has 0 spiro atoms. The number of aromatic nitrogens is 4. The maximum Gasteiger partial charge on any atom is 0.307 e. The van der Waals surface area contributed by atoms with Gasteiger partial charge in [0.15, 0.2) is 0 Å². The molecule has 0 radical (unpaired) electrons. The molecule has 1 aliphatic rings. The smallest absolute Gasteiger partial charge is 0.307 e. The van der Waals surface area contributed by atoms with Crippen LogP contribution in [0.3, 0.4) is 0 Å². The fourth-order valence-corrected chi connectivity index (χ4v) is 2.75. The lowest BCUT2D eigenvalue weighted by Gasteiger charge is -2.25. The van der Waals surface area contributed by atoms with E-state index in [1.165, 1.54) is 0 Å². The summed E-state index contributed by atoms with van der Waals surface area (Å²) in [4.78, 5) is 15.6. The van der Waals surface area contributed by atoms with Gasteiger partial charge in [0.1, 0.15) is 5.69 Å². The van der Waals surface area contributed by atoms with Crippen LogP contribution in [0.2, 0.25) is 0 Å². The molecular formula is C13H16N4O3. The van der Waals surface area contributed by atoms with Crippen molar-refractivity contribution in [2.24, 2.45) is 13.0 Å². The first kappa shape index (κ1) is 12.8. The molecule has 1 saturated carbocycles. The lowest BCUT2D eigenvalue weighted by atomic mass is 9.79. The van der Waals surface area contributed by atoms with E-state index in [-0.39, 0.29) is 5.92 Å². The van der Waals surface area contributed by atoms with Crippen molar-refractivity contribution in [3.05, 3.63) is 18.2 Å². The highest BCUT2D eigenvalue weighted by atomic mass is 16.5. The van der Waals surface area contributed by atoms with Gasteiger partial charge < -0.3 is 9.63 Å². The summed E-state index contributed by atoms with van der Waals surface area (Å²) in [7, 11) is 1.81. The first-order valence-corrected chi connectivity index (χ1v) is 6.71. The maximum absolute atomic E-state index is 11.3. The van der Waals surface area contributed by atoms with Crippen molar-refractivity contribution in [3.63, 3.8) is 0 Å². The molecule has 0 amide bonds. The second-order valence-corrected chi connectivity index (χ2v) is 5.17. The number of aryl methyl sites for hydroxylation is 1. The van der Waals surface area contributed by atoms with E-state index >= 15 is 0 Å². The highest BCUT2D eigenvalue weighted by molar-refractivity contribution is 5.71. The topological polar surface area (TPSA) is 94.0 Å². The van der Waals surface area contributed by atoms with Crippen LogP contribution in [-0.4, -0.2) is 31.0 Å². The summed E-state index contributed by atoms with van der Waals surface area (Å²) in [5, 5.41) is 17.4. The van der Waals surface area contributed by atoms with E-state index in [2.05, 4.69) is 15.2 Å². The van der Waals surface area contributed by atoms with Crippen molar-refractivity contribution in [2.75, 3.05) is 0 Å². The van der Waals surface area contributed by atoms with Crippen molar-refractivity contribution in [2.45, 2.75) is 31.6 Å². The second-order valence-electron chi connectivity index (χ2n) is 5.17. The van der Waals surface area contributed by atoms with Crippen LogP contribution in [0.15, 0.2) is 16.8 Å². The Bertz CT molecular complexity index is 619. The van der Waals surface area contributed by atoms with Crippen LogP contribution in [0.4, 0.5) is 0 Å². The standard InChI is InChI=1S/C13H16N4O3/c1-17-7-6-10(15-17)11-14-12(20-16-11)8-4-2-3-5-9(8)13(18)19/h6-9H,2-5H2,1H3,(H,18,19). The Hall–Kier alpha value is -2.18. The SMILES string of the molecule is Cn1ccc(-c2noc(C3CCCCC3C(=O)O)n2)n1. The number of hydrogen-bond donors (Lipinski definition) is 1. The summed E-state index contributed by atoms with van der Waals surface area (Å²) in [6.45, 7) is 0. The predicted octanol–water partition coefficient (Wildman–Crippen LogP) is 1.83. The fraction of sp³-hybridized carbons (Fsp3) is 0.538. The minimum atomic E-state index is -0.785. The van der Waals surface area contributed by atoms with E-state index in [4.69, 9.17) is 4.52 Å². The molecule has 2 aromatic rings. The molecule has 2 unspecified atom stereocenters. The average molecular weight is 276 g/mol. The van der Waals surface area contributed by atoms with Gasteiger partial charge in [-0.15, -0.1) is 0 Å². The third-order valence-corrected chi connectivity index (χ3v) is 3.78. The van der Waals surface area contributed by atoms with Crippen molar-refractivity contribution in [3.8, 4) is 11.5 Å². The summed E-state index contributed by atoms with van der Waals surface area (Å²) in [6, 6.07) is 1.80. The number of carbonyl (C=O) groups is 1. The number of rotatable bonds is 3. The highest BCUT2D eigenvalue weighted by Crippen LogP contribution is 2.37. The molecule has 106 valence electrons. The van der Waals surface area contributed by atoms with Crippen LogP contribution >= 0.6 is 0 Å². The van der Waals surface area contributed by atoms with E-state index in [0.717, 1.165) is 19.3 Å². The van der Waals surface area contributed by atoms with Crippen molar-refractivity contribution in [1.29, 1.82) is 0 Å². The van der Waals surface area contributed by atoms with Gasteiger partial charge in [-0.2, -0.15) is 10.1 Å². The van der Waals surface area contributed by atoms with E-state index in [9.17, 15) is 9.90 Å². The molecular weight excluding hydrogens is 260 g/mol. The zero-order valence-corrected chi connectivity index (χ0v) is 11.2. The third-order valence-electron chi connectivity index (χ3n) is 3.78. The lowest BCUT2D eigenvalue weighted by Crippen LogP contribution is -2.25. The van der Waals surface area contributed by atoms with E-state index in [1.807, 2.05) is 7.05 Å². The van der Waals surface area contributed by atoms with Gasteiger partial charge in [0.25, 0.3) is 0 Å². The third kappa shape index (κ3) is 2.31. The molecule has 20 heavy (non-hydrogen) atoms. The summed E-state index contributed by atoms with van der Waals surface area (Å²) in [6.07, 6.45) is 5.18. The van der Waals surface area contributed by atoms with Crippen molar-refractivity contribution < 1.29 is 14.4 Å². The summed E-state index contributed by atoms with van der Waals surface area (Å²) < 4.78 is 6.93. The minimum Gasteiger partial charge on any atom is -0.481 e. The Morgan fingerprint density at radius 3 is 2.95 bits per heavy atom. The fourth-order valence-electron chi connectivity index (χ4n) is 2.75. The van der Waals surface area contributed by atoms with Gasteiger partial charge in [-0.05, 0) is 18.9 Å². The van der Waals surface area contributed by atoms with Crippen LogP contribution in [0, 0.1) is 5.92 Å². The van der Waals surface area contributed by atoms with Gasteiger partial charge in [-0.1, -0.05) is 18.0 Å². The molecule has 2 heterocycles. The minimum absolute atomic E-state index is 0.189. The van der Waals surface area contributed by atoms with Gasteiger partial charge in [-0.25, -0.2) is 0 Å². The Kier molecular flexibility index (Phi) is 3.25. The first-order chi connectivity index (χ1) is 9.65. The average Bonchev–Trinajstić information content (AvgIpc) is 3.07. The lowest BCUT2D eigenvalue weighted by molar-refractivity contribution is -0.143. The normalized spacial score (nSPS) is 22.9. The summed E-state index contributed by atoms with van der Waals surface area (Å²) in [5.41, 5.74) is 0.630. The molecule has 0 saturated heterocycles. The number of carboxylic acid groups (broad SMARTS) is 1. The molecule has 0 aliphatic heterocycles. The van der Waals surface area contributed by atoms with Gasteiger partial charge in [0.2, 0.25) is 11.7 Å². The van der Waals surface area contributed by atoms with Crippen LogP contribution < -0.4 is 0 Å². The Morgan fingerprint density at radius 2 is 2.25 bits per heavy atom. The molecule has 2 atom stereocenters. The summed E-state index contributed by atoms with van der Waals surface area (Å²) in [5.74, 6) is -0.577. The monoisotopic (exact) mass is 276 g/mol. The van der Waals surface area contributed by atoms with Crippen molar-refractivity contribution >= 4 is 5.97 Å². The second kappa shape index (κ2) is 5.07. The molecule has 1 fully saturated rings. The van der Waals surface area contributed by atoms with E-state index in [1.54, 1.807) is 16.9 Å². The Labute approximate surface area is 115 Å². The zero-order chi connectivity index (χ0) is 14.1. The van der Waals surface area contributed by atoms with Crippen LogP contribution in [-0.2, 0) is 11.8 Å². The molecule has 2 aromatic heterocycles. The maximum atomic E-state index is 11.3. The highest BCUT2D eigenvalue weighted by Gasteiger charge is 2.35. The van der Waals surface area contributed by atoms with Crippen LogP contribution in [0.25, 0.3) is 11.5 Å².